The van der Waals surface area contributed by atoms with Crippen molar-refractivity contribution in [3.8, 4) is 33.5 Å². The van der Waals surface area contributed by atoms with Gasteiger partial charge in [-0.25, -0.2) is 0 Å². The molecule has 2 aliphatic carbocycles. The number of benzene rings is 3. The molecule has 2 aliphatic rings. The van der Waals surface area contributed by atoms with Gasteiger partial charge in [0.05, 0.1) is 5.69 Å². The van der Waals surface area contributed by atoms with Gasteiger partial charge in [0.2, 0.25) is 0 Å². The van der Waals surface area contributed by atoms with Crippen LogP contribution in [0.15, 0.2) is 72.8 Å². The molecule has 0 unspecified atom stereocenters. The van der Waals surface area contributed by atoms with E-state index in [0.717, 1.165) is 44.5 Å². The summed E-state index contributed by atoms with van der Waals surface area (Å²) in [4.78, 5) is 7.79. The van der Waals surface area contributed by atoms with Crippen LogP contribution in [-0.2, 0) is 25.7 Å². The lowest BCUT2D eigenvalue weighted by molar-refractivity contribution is 0.866. The molecule has 33 heavy (non-hydrogen) atoms. The van der Waals surface area contributed by atoms with Gasteiger partial charge in [-0.15, -0.1) is 0 Å². The summed E-state index contributed by atoms with van der Waals surface area (Å²) in [6.07, 6.45) is 4.27. The maximum atomic E-state index is 5.40. The second-order valence-electron chi connectivity index (χ2n) is 9.17. The van der Waals surface area contributed by atoms with E-state index >= 15 is 0 Å². The molecule has 0 bridgehead atoms. The van der Waals surface area contributed by atoms with E-state index in [1.807, 2.05) is 0 Å². The Morgan fingerprint density at radius 1 is 0.667 bits per heavy atom. The second kappa shape index (κ2) is 8.19. The van der Waals surface area contributed by atoms with Gasteiger partial charge < -0.3 is 4.90 Å². The van der Waals surface area contributed by atoms with E-state index in [0.29, 0.717) is 0 Å². The summed E-state index contributed by atoms with van der Waals surface area (Å²) in [5.41, 5.74) is 14.8. The van der Waals surface area contributed by atoms with Crippen LogP contribution in [0.5, 0.6) is 0 Å². The molecule has 0 saturated carbocycles. The minimum atomic E-state index is 1.02. The number of hydrogen-bond acceptors (Lipinski definition) is 2. The van der Waals surface area contributed by atoms with Crippen LogP contribution >= 0.6 is 0 Å². The fourth-order valence-corrected chi connectivity index (χ4v) is 5.83. The van der Waals surface area contributed by atoms with Crippen molar-refractivity contribution in [1.82, 2.24) is 4.98 Å². The summed E-state index contributed by atoms with van der Waals surface area (Å²) in [7, 11) is 0. The third-order valence-corrected chi connectivity index (χ3v) is 7.49. The molecule has 0 N–H and O–H groups in total. The van der Waals surface area contributed by atoms with Crippen LogP contribution in [0.25, 0.3) is 33.5 Å². The molecule has 3 aromatic carbocycles. The first kappa shape index (κ1) is 20.2. The molecule has 6 rings (SSSR count). The molecule has 1 aromatic heterocycles. The first-order valence-electron chi connectivity index (χ1n) is 12.4. The summed E-state index contributed by atoms with van der Waals surface area (Å²) >= 11 is 0. The Morgan fingerprint density at radius 2 is 1.27 bits per heavy atom. The molecule has 164 valence electrons. The number of aromatic nitrogens is 1. The van der Waals surface area contributed by atoms with Gasteiger partial charge in [-0.05, 0) is 79.5 Å². The molecule has 2 heteroatoms. The van der Waals surface area contributed by atoms with Gasteiger partial charge in [0, 0.05) is 41.2 Å². The third kappa shape index (κ3) is 3.28. The van der Waals surface area contributed by atoms with Gasteiger partial charge in [-0.2, -0.15) is 0 Å². The number of nitrogens with zero attached hydrogens (tertiary/aromatic N) is 2. The molecule has 1 heterocycles. The Labute approximate surface area is 196 Å². The summed E-state index contributed by atoms with van der Waals surface area (Å²) in [6.45, 7) is 6.48. The van der Waals surface area contributed by atoms with Crippen molar-refractivity contribution in [3.63, 3.8) is 0 Å². The highest BCUT2D eigenvalue weighted by Gasteiger charge is 2.29. The van der Waals surface area contributed by atoms with E-state index in [9.17, 15) is 0 Å². The average Bonchev–Trinajstić information content (AvgIpc) is 2.88. The van der Waals surface area contributed by atoms with Crippen molar-refractivity contribution in [2.24, 2.45) is 0 Å². The van der Waals surface area contributed by atoms with E-state index < -0.39 is 0 Å². The zero-order valence-electron chi connectivity index (χ0n) is 19.6. The van der Waals surface area contributed by atoms with Gasteiger partial charge in [0.25, 0.3) is 0 Å². The zero-order valence-corrected chi connectivity index (χ0v) is 19.6. The fourth-order valence-electron chi connectivity index (χ4n) is 5.83. The summed E-state index contributed by atoms with van der Waals surface area (Å²) in [6, 6.07) is 26.9. The van der Waals surface area contributed by atoms with E-state index in [2.05, 4.69) is 91.5 Å². The van der Waals surface area contributed by atoms with Crippen LogP contribution in [0, 0.1) is 0 Å². The molecule has 0 radical (unpaired) electrons. The van der Waals surface area contributed by atoms with Gasteiger partial charge in [0.15, 0.2) is 0 Å². The van der Waals surface area contributed by atoms with Gasteiger partial charge in [-0.3, -0.25) is 4.98 Å². The molecular weight excluding hydrogens is 400 g/mol. The number of hydrogen-bond donors (Lipinski definition) is 0. The lowest BCUT2D eigenvalue weighted by Gasteiger charge is -2.30. The average molecular weight is 431 g/mol. The van der Waals surface area contributed by atoms with Crippen LogP contribution in [0.3, 0.4) is 0 Å². The largest absolute Gasteiger partial charge is 0.372 e. The first-order valence-corrected chi connectivity index (χ1v) is 12.4. The molecule has 0 atom stereocenters. The monoisotopic (exact) mass is 430 g/mol. The molecule has 0 saturated heterocycles. The van der Waals surface area contributed by atoms with E-state index in [-0.39, 0.29) is 0 Å². The highest BCUT2D eigenvalue weighted by Crippen LogP contribution is 2.47. The molecule has 4 aromatic rings. The predicted octanol–water partition coefficient (Wildman–Crippen LogP) is 7.13. The van der Waals surface area contributed by atoms with Crippen molar-refractivity contribution >= 4 is 5.69 Å². The molecule has 2 nitrogen and oxygen atoms in total. The van der Waals surface area contributed by atoms with Crippen LogP contribution in [-0.4, -0.2) is 18.1 Å². The Morgan fingerprint density at radius 3 is 1.94 bits per heavy atom. The van der Waals surface area contributed by atoms with E-state index in [1.54, 1.807) is 0 Å². The lowest BCUT2D eigenvalue weighted by Crippen LogP contribution is -2.21. The van der Waals surface area contributed by atoms with E-state index in [4.69, 9.17) is 4.98 Å². The Balaban J connectivity index is 1.60. The number of anilines is 1. The van der Waals surface area contributed by atoms with Gasteiger partial charge in [0.1, 0.15) is 0 Å². The van der Waals surface area contributed by atoms with Crippen molar-refractivity contribution in [3.05, 3.63) is 95.2 Å². The Hall–Kier alpha value is -3.39. The number of rotatable bonds is 4. The molecule has 0 aliphatic heterocycles. The van der Waals surface area contributed by atoms with Crippen molar-refractivity contribution < 1.29 is 0 Å². The normalized spacial score (nSPS) is 13.5. The molecule has 0 fully saturated rings. The van der Waals surface area contributed by atoms with Crippen LogP contribution in [0.1, 0.15) is 36.2 Å². The Bertz CT molecular complexity index is 1330. The van der Waals surface area contributed by atoms with Crippen LogP contribution in [0.4, 0.5) is 5.69 Å². The number of pyridine rings is 1. The molecular formula is C31H30N2. The SMILES string of the molecule is CCN(CC)c1ccc(-c2nc3c(c4c2-c2ccccc2CC4)-c2ccccc2CC3)cc1. The standard InChI is InChI=1S/C31H30N2/c1-3-33(4-2)24-17-13-23(14-18-24)31-30-26-12-8-6-9-21(26)15-19-27(30)29-25-11-7-5-10-22(25)16-20-28(29)32-31/h5-14,17-18H,3-4,15-16,19-20H2,1-2H3. The van der Waals surface area contributed by atoms with Crippen molar-refractivity contribution in [1.29, 1.82) is 0 Å². The quantitative estimate of drug-likeness (QED) is 0.342. The first-order chi connectivity index (χ1) is 16.3. The maximum absolute atomic E-state index is 5.40. The van der Waals surface area contributed by atoms with Gasteiger partial charge >= 0.3 is 0 Å². The predicted molar refractivity (Wildman–Crippen MR) is 139 cm³/mol. The van der Waals surface area contributed by atoms with E-state index in [1.165, 1.54) is 55.9 Å². The topological polar surface area (TPSA) is 16.1 Å². The zero-order chi connectivity index (χ0) is 22.4. The van der Waals surface area contributed by atoms with Crippen molar-refractivity contribution in [2.75, 3.05) is 18.0 Å². The minimum Gasteiger partial charge on any atom is -0.372 e. The summed E-state index contributed by atoms with van der Waals surface area (Å²) in [5, 5.41) is 0. The lowest BCUT2D eigenvalue weighted by atomic mass is 9.76. The smallest absolute Gasteiger partial charge is 0.0786 e. The van der Waals surface area contributed by atoms with Crippen LogP contribution in [0.2, 0.25) is 0 Å². The summed E-state index contributed by atoms with van der Waals surface area (Å²) in [5.74, 6) is 0. The second-order valence-corrected chi connectivity index (χ2v) is 9.17. The highest BCUT2D eigenvalue weighted by molar-refractivity contribution is 5.92. The van der Waals surface area contributed by atoms with Crippen LogP contribution < -0.4 is 4.90 Å². The van der Waals surface area contributed by atoms with Gasteiger partial charge in [-0.1, -0.05) is 60.7 Å². The molecule has 0 amide bonds. The number of aryl methyl sites for hydroxylation is 3. The minimum absolute atomic E-state index is 1.02. The third-order valence-electron chi connectivity index (χ3n) is 7.49. The van der Waals surface area contributed by atoms with Crippen molar-refractivity contribution in [2.45, 2.75) is 39.5 Å². The molecule has 0 spiro atoms. The number of fused-ring (bicyclic) bond motifs is 7. The Kier molecular flexibility index (Phi) is 5.02. The summed E-state index contributed by atoms with van der Waals surface area (Å²) < 4.78 is 0. The highest BCUT2D eigenvalue weighted by atomic mass is 15.1. The fraction of sp³-hybridized carbons (Fsp3) is 0.258. The maximum Gasteiger partial charge on any atom is 0.0786 e.